The number of nitrogens with zero attached hydrogens (tertiary/aromatic N) is 3. The minimum Gasteiger partial charge on any atom is -0.342 e. The number of carbonyl (C=O) groups excluding carboxylic acids is 2. The molecule has 130 valence electrons. The van der Waals surface area contributed by atoms with Gasteiger partial charge in [0.1, 0.15) is 0 Å². The molecule has 1 atom stereocenters. The molecule has 0 aliphatic carbocycles. The maximum Gasteiger partial charge on any atom is 0.320 e. The van der Waals surface area contributed by atoms with Crippen LogP contribution < -0.4 is 5.32 Å². The van der Waals surface area contributed by atoms with Crippen molar-refractivity contribution in [2.75, 3.05) is 46.3 Å². The fourth-order valence-corrected chi connectivity index (χ4v) is 4.11. The summed E-state index contributed by atoms with van der Waals surface area (Å²) in [7, 11) is 1.99. The van der Waals surface area contributed by atoms with Crippen molar-refractivity contribution in [3.63, 3.8) is 0 Å². The molecule has 3 fully saturated rings. The van der Waals surface area contributed by atoms with E-state index in [9.17, 15) is 9.59 Å². The van der Waals surface area contributed by atoms with E-state index in [1.165, 1.54) is 0 Å². The molecule has 23 heavy (non-hydrogen) atoms. The first-order chi connectivity index (χ1) is 11.2. The Hall–Kier alpha value is -1.30. The van der Waals surface area contributed by atoms with Gasteiger partial charge in [-0.1, -0.05) is 0 Å². The molecule has 3 aliphatic rings. The van der Waals surface area contributed by atoms with Crippen LogP contribution in [0.25, 0.3) is 0 Å². The van der Waals surface area contributed by atoms with Gasteiger partial charge in [0.05, 0.1) is 5.92 Å². The standard InChI is InChI=1S/C17H30N4O2/c1-18-15-6-11-19(12-7-15)16(22)14-5-4-10-21(13-14)17(23)20-8-2-3-9-20/h14-15,18H,2-13H2,1H3. The molecule has 6 nitrogen and oxygen atoms in total. The van der Waals surface area contributed by atoms with Crippen molar-refractivity contribution in [3.8, 4) is 0 Å². The van der Waals surface area contributed by atoms with Gasteiger partial charge < -0.3 is 20.0 Å². The fraction of sp³-hybridized carbons (Fsp3) is 0.882. The van der Waals surface area contributed by atoms with E-state index in [0.717, 1.165) is 71.2 Å². The average molecular weight is 322 g/mol. The van der Waals surface area contributed by atoms with Crippen molar-refractivity contribution in [1.29, 1.82) is 0 Å². The number of likely N-dealkylation sites (tertiary alicyclic amines) is 3. The molecule has 3 rings (SSSR count). The van der Waals surface area contributed by atoms with E-state index in [4.69, 9.17) is 0 Å². The van der Waals surface area contributed by atoms with E-state index in [1.54, 1.807) is 0 Å². The minimum absolute atomic E-state index is 0.00133. The van der Waals surface area contributed by atoms with Crippen LogP contribution >= 0.6 is 0 Å². The summed E-state index contributed by atoms with van der Waals surface area (Å²) in [5, 5.41) is 3.30. The third-order valence-corrected chi connectivity index (χ3v) is 5.63. The molecule has 0 bridgehead atoms. The third-order valence-electron chi connectivity index (χ3n) is 5.63. The lowest BCUT2D eigenvalue weighted by Gasteiger charge is -2.38. The predicted molar refractivity (Wildman–Crippen MR) is 89.2 cm³/mol. The van der Waals surface area contributed by atoms with E-state index >= 15 is 0 Å². The Morgan fingerprint density at radius 1 is 0.826 bits per heavy atom. The molecular formula is C17H30N4O2. The van der Waals surface area contributed by atoms with Crippen LogP contribution in [0.15, 0.2) is 0 Å². The molecule has 0 saturated carbocycles. The summed E-state index contributed by atoms with van der Waals surface area (Å²) in [6, 6.07) is 0.688. The van der Waals surface area contributed by atoms with Crippen LogP contribution in [0.4, 0.5) is 4.79 Å². The normalized spacial score (nSPS) is 26.7. The van der Waals surface area contributed by atoms with Crippen molar-refractivity contribution in [2.45, 2.75) is 44.6 Å². The SMILES string of the molecule is CNC1CCN(C(=O)C2CCCN(C(=O)N3CCCC3)C2)CC1. The van der Waals surface area contributed by atoms with Gasteiger partial charge in [0.2, 0.25) is 5.91 Å². The summed E-state index contributed by atoms with van der Waals surface area (Å²) < 4.78 is 0. The maximum absolute atomic E-state index is 12.8. The molecule has 0 aromatic carbocycles. The molecule has 1 unspecified atom stereocenters. The molecule has 1 N–H and O–H groups in total. The molecule has 0 radical (unpaired) electrons. The molecule has 6 heteroatoms. The van der Waals surface area contributed by atoms with Crippen LogP contribution in [-0.2, 0) is 4.79 Å². The largest absolute Gasteiger partial charge is 0.342 e. The Labute approximate surface area is 139 Å². The molecule has 3 saturated heterocycles. The van der Waals surface area contributed by atoms with Gasteiger partial charge in [0, 0.05) is 45.3 Å². The van der Waals surface area contributed by atoms with Gasteiger partial charge in [-0.15, -0.1) is 0 Å². The van der Waals surface area contributed by atoms with Gasteiger partial charge in [0.25, 0.3) is 0 Å². The molecule has 3 aliphatic heterocycles. The van der Waals surface area contributed by atoms with Crippen molar-refractivity contribution >= 4 is 11.9 Å². The highest BCUT2D eigenvalue weighted by Crippen LogP contribution is 2.23. The molecule has 3 heterocycles. The smallest absolute Gasteiger partial charge is 0.320 e. The number of rotatable bonds is 2. The number of nitrogens with one attached hydrogen (secondary N) is 1. The van der Waals surface area contributed by atoms with Crippen LogP contribution in [0.3, 0.4) is 0 Å². The van der Waals surface area contributed by atoms with Crippen molar-refractivity contribution in [2.24, 2.45) is 5.92 Å². The second-order valence-electron chi connectivity index (χ2n) is 7.15. The Balaban J connectivity index is 1.53. The van der Waals surface area contributed by atoms with E-state index in [1.807, 2.05) is 21.7 Å². The van der Waals surface area contributed by atoms with Crippen LogP contribution in [0.1, 0.15) is 38.5 Å². The average Bonchev–Trinajstić information content (AvgIpc) is 3.15. The first-order valence-corrected chi connectivity index (χ1v) is 9.19. The first kappa shape index (κ1) is 16.6. The molecule has 0 aromatic heterocycles. The second kappa shape index (κ2) is 7.51. The predicted octanol–water partition coefficient (Wildman–Crippen LogP) is 1.12. The number of amides is 3. The molecule has 0 aromatic rings. The van der Waals surface area contributed by atoms with Crippen LogP contribution in [0.5, 0.6) is 0 Å². The summed E-state index contributed by atoms with van der Waals surface area (Å²) in [5.74, 6) is 0.264. The van der Waals surface area contributed by atoms with E-state index in [2.05, 4.69) is 5.32 Å². The lowest BCUT2D eigenvalue weighted by Crippen LogP contribution is -2.52. The molecule has 0 spiro atoms. The van der Waals surface area contributed by atoms with E-state index in [-0.39, 0.29) is 17.9 Å². The van der Waals surface area contributed by atoms with E-state index < -0.39 is 0 Å². The topological polar surface area (TPSA) is 55.9 Å². The number of carbonyl (C=O) groups is 2. The number of piperidine rings is 2. The summed E-state index contributed by atoms with van der Waals surface area (Å²) in [6.07, 6.45) is 6.17. The van der Waals surface area contributed by atoms with Gasteiger partial charge in [0.15, 0.2) is 0 Å². The van der Waals surface area contributed by atoms with Gasteiger partial charge >= 0.3 is 6.03 Å². The Morgan fingerprint density at radius 2 is 1.48 bits per heavy atom. The minimum atomic E-state index is 0.00133. The van der Waals surface area contributed by atoms with Crippen LogP contribution in [0, 0.1) is 5.92 Å². The Kier molecular flexibility index (Phi) is 5.41. The van der Waals surface area contributed by atoms with Crippen LogP contribution in [-0.4, -0.2) is 79.0 Å². The zero-order valence-electron chi connectivity index (χ0n) is 14.3. The van der Waals surface area contributed by atoms with Gasteiger partial charge in [-0.3, -0.25) is 4.79 Å². The fourth-order valence-electron chi connectivity index (χ4n) is 4.11. The van der Waals surface area contributed by atoms with Crippen molar-refractivity contribution in [3.05, 3.63) is 0 Å². The number of urea groups is 1. The van der Waals surface area contributed by atoms with Crippen molar-refractivity contribution in [1.82, 2.24) is 20.0 Å². The highest BCUT2D eigenvalue weighted by atomic mass is 16.2. The van der Waals surface area contributed by atoms with Crippen molar-refractivity contribution < 1.29 is 9.59 Å². The summed E-state index contributed by atoms with van der Waals surface area (Å²) in [4.78, 5) is 31.2. The second-order valence-corrected chi connectivity index (χ2v) is 7.15. The monoisotopic (exact) mass is 322 g/mol. The summed E-state index contributed by atoms with van der Waals surface area (Å²) in [5.41, 5.74) is 0. The lowest BCUT2D eigenvalue weighted by molar-refractivity contribution is -0.138. The number of hydrogen-bond donors (Lipinski definition) is 1. The number of hydrogen-bond acceptors (Lipinski definition) is 3. The molecular weight excluding hydrogens is 292 g/mol. The Bertz CT molecular complexity index is 428. The first-order valence-electron chi connectivity index (χ1n) is 9.19. The summed E-state index contributed by atoms with van der Waals surface area (Å²) in [6.45, 7) is 4.87. The maximum atomic E-state index is 12.8. The molecule has 3 amide bonds. The van der Waals surface area contributed by atoms with E-state index in [0.29, 0.717) is 12.6 Å². The van der Waals surface area contributed by atoms with Gasteiger partial charge in [-0.05, 0) is 45.6 Å². The summed E-state index contributed by atoms with van der Waals surface area (Å²) >= 11 is 0. The van der Waals surface area contributed by atoms with Gasteiger partial charge in [-0.2, -0.15) is 0 Å². The Morgan fingerprint density at radius 3 is 2.13 bits per heavy atom. The lowest BCUT2D eigenvalue weighted by atomic mass is 9.95. The highest BCUT2D eigenvalue weighted by molar-refractivity contribution is 5.81. The quantitative estimate of drug-likeness (QED) is 0.829. The van der Waals surface area contributed by atoms with Crippen LogP contribution in [0.2, 0.25) is 0 Å². The third kappa shape index (κ3) is 3.79. The highest BCUT2D eigenvalue weighted by Gasteiger charge is 2.34. The van der Waals surface area contributed by atoms with Gasteiger partial charge in [-0.25, -0.2) is 4.79 Å². The zero-order chi connectivity index (χ0) is 16.2. The zero-order valence-corrected chi connectivity index (χ0v) is 14.3.